The van der Waals surface area contributed by atoms with Crippen LogP contribution in [0.4, 0.5) is 5.82 Å². The zero-order valence-corrected chi connectivity index (χ0v) is 16.2. The first-order valence-corrected chi connectivity index (χ1v) is 10.2. The molecule has 2 bridgehead atoms. The molecular formula is C21H23N5O3. The van der Waals surface area contributed by atoms with Crippen molar-refractivity contribution in [2.24, 2.45) is 18.9 Å². The van der Waals surface area contributed by atoms with Crippen molar-refractivity contribution in [1.29, 1.82) is 0 Å². The second-order valence-corrected chi connectivity index (χ2v) is 8.43. The van der Waals surface area contributed by atoms with Gasteiger partial charge in [-0.15, -0.1) is 0 Å². The number of hydrogen-bond acceptors (Lipinski definition) is 6. The van der Waals surface area contributed by atoms with Crippen LogP contribution in [-0.2, 0) is 11.8 Å². The zero-order valence-electron chi connectivity index (χ0n) is 16.2. The predicted molar refractivity (Wildman–Crippen MR) is 106 cm³/mol. The Kier molecular flexibility index (Phi) is 3.56. The molecule has 6 rings (SSSR count). The molecule has 3 aromatic rings. The van der Waals surface area contributed by atoms with Crippen LogP contribution in [0.2, 0.25) is 0 Å². The van der Waals surface area contributed by atoms with E-state index < -0.39 is 0 Å². The van der Waals surface area contributed by atoms with Gasteiger partial charge in [-0.2, -0.15) is 5.10 Å². The Labute approximate surface area is 167 Å². The van der Waals surface area contributed by atoms with Gasteiger partial charge in [0, 0.05) is 50.9 Å². The number of carbonyl (C=O) groups is 1. The molecule has 6 heterocycles. The minimum absolute atomic E-state index is 0.0819. The number of nitrogens with one attached hydrogen (secondary N) is 1. The molecule has 150 valence electrons. The van der Waals surface area contributed by atoms with E-state index in [9.17, 15) is 4.79 Å². The largest absolute Gasteiger partial charge is 0.464 e. The van der Waals surface area contributed by atoms with E-state index in [0.717, 1.165) is 42.7 Å². The molecule has 3 aromatic heterocycles. The Morgan fingerprint density at radius 2 is 2.28 bits per heavy atom. The van der Waals surface area contributed by atoms with Crippen LogP contribution in [-0.4, -0.2) is 52.0 Å². The summed E-state index contributed by atoms with van der Waals surface area (Å²) < 4.78 is 13.7. The van der Waals surface area contributed by atoms with Gasteiger partial charge in [-0.1, -0.05) is 0 Å². The Bertz CT molecular complexity index is 1090. The SMILES string of the molecule is Cn1nccc1C(=O)NC[C@H]1[C@H]2CN(c3nccc4occc34)C[C@]23CC[C@H]1O3. The summed E-state index contributed by atoms with van der Waals surface area (Å²) in [5.74, 6) is 1.58. The van der Waals surface area contributed by atoms with Gasteiger partial charge in [0.1, 0.15) is 17.1 Å². The van der Waals surface area contributed by atoms with Gasteiger partial charge >= 0.3 is 0 Å². The van der Waals surface area contributed by atoms with Crippen molar-refractivity contribution >= 4 is 22.7 Å². The number of furan rings is 1. The molecule has 0 aromatic carbocycles. The average Bonchev–Trinajstić information content (AvgIpc) is 3.51. The monoisotopic (exact) mass is 393 g/mol. The van der Waals surface area contributed by atoms with Crippen molar-refractivity contribution in [3.05, 3.63) is 42.5 Å². The molecule has 8 heteroatoms. The maximum atomic E-state index is 12.5. The Hall–Kier alpha value is -2.87. The number of pyridine rings is 1. The molecule has 0 saturated carbocycles. The van der Waals surface area contributed by atoms with E-state index in [0.29, 0.717) is 24.1 Å². The number of carbonyl (C=O) groups excluding carboxylic acids is 1. The van der Waals surface area contributed by atoms with Crippen molar-refractivity contribution in [3.8, 4) is 0 Å². The van der Waals surface area contributed by atoms with Crippen molar-refractivity contribution in [2.45, 2.75) is 24.5 Å². The number of aromatic nitrogens is 3. The van der Waals surface area contributed by atoms with Crippen LogP contribution in [0.1, 0.15) is 23.3 Å². The summed E-state index contributed by atoms with van der Waals surface area (Å²) >= 11 is 0. The molecule has 3 fully saturated rings. The van der Waals surface area contributed by atoms with Crippen LogP contribution in [0.15, 0.2) is 41.3 Å². The molecule has 1 spiro atoms. The van der Waals surface area contributed by atoms with Crippen LogP contribution in [0.3, 0.4) is 0 Å². The molecule has 8 nitrogen and oxygen atoms in total. The molecular weight excluding hydrogens is 370 g/mol. The number of anilines is 1. The summed E-state index contributed by atoms with van der Waals surface area (Å²) in [5.41, 5.74) is 1.31. The number of amides is 1. The minimum Gasteiger partial charge on any atom is -0.464 e. The van der Waals surface area contributed by atoms with Crippen molar-refractivity contribution in [1.82, 2.24) is 20.1 Å². The molecule has 4 atom stereocenters. The zero-order chi connectivity index (χ0) is 19.6. The standard InChI is InChI=1S/C21H23N5O3/c1-25-16(3-8-24-25)20(27)23-10-14-15-11-26(12-21(15)6-2-18(14)29-21)19-13-5-9-28-17(13)4-7-22-19/h3-5,7-9,14-15,18H,2,6,10-12H2,1H3,(H,23,27)/t14-,15+,18+,21+/m0/s1. The molecule has 29 heavy (non-hydrogen) atoms. The second kappa shape index (κ2) is 6.06. The first-order valence-electron chi connectivity index (χ1n) is 10.2. The summed E-state index contributed by atoms with van der Waals surface area (Å²) in [6.45, 7) is 2.36. The highest BCUT2D eigenvalue weighted by molar-refractivity contribution is 5.92. The van der Waals surface area contributed by atoms with E-state index in [-0.39, 0.29) is 17.6 Å². The molecule has 0 aliphatic carbocycles. The molecule has 3 saturated heterocycles. The fourth-order valence-electron chi connectivity index (χ4n) is 5.65. The second-order valence-electron chi connectivity index (χ2n) is 8.43. The number of rotatable bonds is 4. The van der Waals surface area contributed by atoms with Crippen LogP contribution in [0.25, 0.3) is 11.0 Å². The van der Waals surface area contributed by atoms with Gasteiger partial charge in [0.15, 0.2) is 0 Å². The normalized spacial score (nSPS) is 30.2. The summed E-state index contributed by atoms with van der Waals surface area (Å²) in [5, 5.41) is 8.24. The van der Waals surface area contributed by atoms with Crippen molar-refractivity contribution < 1.29 is 13.9 Å². The Morgan fingerprint density at radius 3 is 3.14 bits per heavy atom. The molecule has 0 unspecified atom stereocenters. The van der Waals surface area contributed by atoms with Gasteiger partial charge < -0.3 is 19.4 Å². The van der Waals surface area contributed by atoms with Gasteiger partial charge in [-0.3, -0.25) is 9.48 Å². The summed E-state index contributed by atoms with van der Waals surface area (Å²) in [6, 6.07) is 5.61. The predicted octanol–water partition coefficient (Wildman–Crippen LogP) is 1.98. The molecule has 1 amide bonds. The number of aryl methyl sites for hydroxylation is 1. The van der Waals surface area contributed by atoms with Gasteiger partial charge in [0.2, 0.25) is 0 Å². The van der Waals surface area contributed by atoms with E-state index >= 15 is 0 Å². The lowest BCUT2D eigenvalue weighted by Crippen LogP contribution is -2.42. The number of fused-ring (bicyclic) bond motifs is 2. The van der Waals surface area contributed by atoms with Crippen molar-refractivity contribution in [3.63, 3.8) is 0 Å². The minimum atomic E-state index is -0.125. The Morgan fingerprint density at radius 1 is 1.34 bits per heavy atom. The third-order valence-corrected chi connectivity index (χ3v) is 6.99. The summed E-state index contributed by atoms with van der Waals surface area (Å²) in [6.07, 6.45) is 7.52. The van der Waals surface area contributed by atoms with Gasteiger partial charge in [-0.25, -0.2) is 4.98 Å². The van der Waals surface area contributed by atoms with E-state index in [2.05, 4.69) is 20.3 Å². The highest BCUT2D eigenvalue weighted by atomic mass is 16.5. The summed E-state index contributed by atoms with van der Waals surface area (Å²) in [4.78, 5) is 19.5. The smallest absolute Gasteiger partial charge is 0.269 e. The first-order chi connectivity index (χ1) is 14.1. The van der Waals surface area contributed by atoms with Crippen LogP contribution < -0.4 is 10.2 Å². The molecule has 3 aliphatic rings. The fourth-order valence-corrected chi connectivity index (χ4v) is 5.65. The average molecular weight is 393 g/mol. The highest BCUT2D eigenvalue weighted by Crippen LogP contribution is 2.55. The van der Waals surface area contributed by atoms with Crippen molar-refractivity contribution in [2.75, 3.05) is 24.5 Å². The molecule has 1 N–H and O–H groups in total. The molecule has 3 aliphatic heterocycles. The van der Waals surface area contributed by atoms with E-state index in [1.807, 2.05) is 12.1 Å². The summed E-state index contributed by atoms with van der Waals surface area (Å²) in [7, 11) is 1.78. The van der Waals surface area contributed by atoms with Crippen LogP contribution >= 0.6 is 0 Å². The van der Waals surface area contributed by atoms with E-state index in [1.54, 1.807) is 36.5 Å². The maximum absolute atomic E-state index is 12.5. The number of hydrogen-bond donors (Lipinski definition) is 1. The van der Waals surface area contributed by atoms with E-state index in [1.165, 1.54) is 0 Å². The van der Waals surface area contributed by atoms with Crippen LogP contribution in [0.5, 0.6) is 0 Å². The third-order valence-electron chi connectivity index (χ3n) is 6.99. The van der Waals surface area contributed by atoms with Crippen LogP contribution in [0, 0.1) is 11.8 Å². The third kappa shape index (κ3) is 2.45. The number of nitrogens with zero attached hydrogens (tertiary/aromatic N) is 4. The van der Waals surface area contributed by atoms with Gasteiger partial charge in [-0.05, 0) is 31.0 Å². The Balaban J connectivity index is 1.23. The molecule has 0 radical (unpaired) electrons. The first kappa shape index (κ1) is 17.0. The lowest BCUT2D eigenvalue weighted by atomic mass is 9.73. The van der Waals surface area contributed by atoms with Gasteiger partial charge in [0.05, 0.1) is 23.4 Å². The topological polar surface area (TPSA) is 85.4 Å². The maximum Gasteiger partial charge on any atom is 0.269 e. The lowest BCUT2D eigenvalue weighted by molar-refractivity contribution is 0.0141. The highest BCUT2D eigenvalue weighted by Gasteiger charge is 2.63. The lowest BCUT2D eigenvalue weighted by Gasteiger charge is -2.29. The quantitative estimate of drug-likeness (QED) is 0.730. The fraction of sp³-hybridized carbons (Fsp3) is 0.476. The number of ether oxygens (including phenoxy) is 1. The van der Waals surface area contributed by atoms with Gasteiger partial charge in [0.25, 0.3) is 5.91 Å². The van der Waals surface area contributed by atoms with E-state index in [4.69, 9.17) is 9.15 Å².